The average molecular weight is 261 g/mol. The molecule has 0 aliphatic heterocycles. The zero-order chi connectivity index (χ0) is 13.1. The van der Waals surface area contributed by atoms with Crippen molar-refractivity contribution in [2.75, 3.05) is 6.54 Å². The zero-order valence-electron chi connectivity index (χ0n) is 11.6. The van der Waals surface area contributed by atoms with Crippen molar-refractivity contribution in [3.8, 4) is 0 Å². The predicted molar refractivity (Wildman–Crippen MR) is 76.7 cm³/mol. The van der Waals surface area contributed by atoms with Gasteiger partial charge in [0.15, 0.2) is 0 Å². The smallest absolute Gasteiger partial charge is 0.126 e. The quantitative estimate of drug-likeness (QED) is 0.807. The molecule has 1 aromatic carbocycles. The van der Waals surface area contributed by atoms with Crippen molar-refractivity contribution in [2.45, 2.75) is 56.9 Å². The Morgan fingerprint density at radius 2 is 1.84 bits per heavy atom. The van der Waals surface area contributed by atoms with Crippen LogP contribution in [0.1, 0.15) is 56.4 Å². The van der Waals surface area contributed by atoms with Gasteiger partial charge in [-0.3, -0.25) is 0 Å². The van der Waals surface area contributed by atoms with Crippen molar-refractivity contribution in [1.82, 2.24) is 5.32 Å². The van der Waals surface area contributed by atoms with Crippen molar-refractivity contribution >= 4 is 0 Å². The maximum atomic E-state index is 14.0. The standard InChI is InChI=1S/C17H24FN/c18-17-8-4-3-7-16(17)14(12-19-15-9-10-15)11-13-5-1-2-6-13/h3-4,7-8,13-15,19H,1-2,5-6,9-12H2. The number of benzene rings is 1. The van der Waals surface area contributed by atoms with Gasteiger partial charge >= 0.3 is 0 Å². The number of hydrogen-bond acceptors (Lipinski definition) is 1. The third kappa shape index (κ3) is 3.56. The maximum absolute atomic E-state index is 14.0. The van der Waals surface area contributed by atoms with E-state index in [0.717, 1.165) is 24.4 Å². The van der Waals surface area contributed by atoms with E-state index in [4.69, 9.17) is 0 Å². The molecule has 3 rings (SSSR count). The highest BCUT2D eigenvalue weighted by atomic mass is 19.1. The molecule has 0 saturated heterocycles. The molecule has 0 spiro atoms. The second-order valence-electron chi connectivity index (χ2n) is 6.29. The third-order valence-corrected chi connectivity index (χ3v) is 4.67. The summed E-state index contributed by atoms with van der Waals surface area (Å²) < 4.78 is 14.0. The predicted octanol–water partition coefficient (Wildman–Crippen LogP) is 4.24. The number of nitrogens with one attached hydrogen (secondary N) is 1. The lowest BCUT2D eigenvalue weighted by Crippen LogP contribution is -2.25. The summed E-state index contributed by atoms with van der Waals surface area (Å²) in [5.41, 5.74) is 0.919. The molecule has 2 fully saturated rings. The Morgan fingerprint density at radius 1 is 1.11 bits per heavy atom. The van der Waals surface area contributed by atoms with Crippen molar-refractivity contribution in [2.24, 2.45) is 5.92 Å². The van der Waals surface area contributed by atoms with Crippen LogP contribution in [-0.4, -0.2) is 12.6 Å². The van der Waals surface area contributed by atoms with E-state index < -0.39 is 0 Å². The molecule has 19 heavy (non-hydrogen) atoms. The maximum Gasteiger partial charge on any atom is 0.126 e. The fourth-order valence-electron chi connectivity index (χ4n) is 3.37. The summed E-state index contributed by atoms with van der Waals surface area (Å²) in [6.07, 6.45) is 9.17. The normalized spacial score (nSPS) is 21.7. The van der Waals surface area contributed by atoms with Gasteiger partial charge in [-0.1, -0.05) is 43.9 Å². The molecular formula is C17H24FN. The molecule has 0 aromatic heterocycles. The van der Waals surface area contributed by atoms with Gasteiger partial charge in [0.25, 0.3) is 0 Å². The minimum Gasteiger partial charge on any atom is -0.313 e. The van der Waals surface area contributed by atoms with E-state index in [1.165, 1.54) is 38.5 Å². The molecule has 0 heterocycles. The molecule has 0 radical (unpaired) electrons. The van der Waals surface area contributed by atoms with Crippen molar-refractivity contribution in [1.29, 1.82) is 0 Å². The van der Waals surface area contributed by atoms with E-state index in [1.54, 1.807) is 12.1 Å². The molecule has 0 bridgehead atoms. The van der Waals surface area contributed by atoms with Crippen LogP contribution in [0.5, 0.6) is 0 Å². The van der Waals surface area contributed by atoms with E-state index in [9.17, 15) is 4.39 Å². The topological polar surface area (TPSA) is 12.0 Å². The number of rotatable bonds is 6. The summed E-state index contributed by atoms with van der Waals surface area (Å²) in [5.74, 6) is 1.14. The second kappa shape index (κ2) is 6.04. The van der Waals surface area contributed by atoms with Crippen LogP contribution in [0.15, 0.2) is 24.3 Å². The zero-order valence-corrected chi connectivity index (χ0v) is 11.6. The summed E-state index contributed by atoms with van der Waals surface area (Å²) >= 11 is 0. The molecule has 104 valence electrons. The molecule has 2 saturated carbocycles. The largest absolute Gasteiger partial charge is 0.313 e. The van der Waals surface area contributed by atoms with Gasteiger partial charge in [-0.2, -0.15) is 0 Å². The van der Waals surface area contributed by atoms with Crippen LogP contribution in [-0.2, 0) is 0 Å². The minimum absolute atomic E-state index is 0.0249. The Hall–Kier alpha value is -0.890. The number of hydrogen-bond donors (Lipinski definition) is 1. The summed E-state index contributed by atoms with van der Waals surface area (Å²) in [6.45, 7) is 0.947. The van der Waals surface area contributed by atoms with E-state index in [0.29, 0.717) is 12.0 Å². The highest BCUT2D eigenvalue weighted by molar-refractivity contribution is 5.22. The first kappa shape index (κ1) is 13.1. The monoisotopic (exact) mass is 261 g/mol. The van der Waals surface area contributed by atoms with E-state index in [-0.39, 0.29) is 5.82 Å². The fraction of sp³-hybridized carbons (Fsp3) is 0.647. The molecule has 2 heteroatoms. The molecule has 1 unspecified atom stereocenters. The third-order valence-electron chi connectivity index (χ3n) is 4.67. The van der Waals surface area contributed by atoms with Gasteiger partial charge in [-0.05, 0) is 42.7 Å². The molecule has 1 N–H and O–H groups in total. The van der Waals surface area contributed by atoms with E-state index in [2.05, 4.69) is 5.32 Å². The second-order valence-corrected chi connectivity index (χ2v) is 6.29. The molecule has 1 nitrogen and oxygen atoms in total. The average Bonchev–Trinajstić information content (AvgIpc) is 3.11. The van der Waals surface area contributed by atoms with Gasteiger partial charge in [0.2, 0.25) is 0 Å². The fourth-order valence-corrected chi connectivity index (χ4v) is 3.37. The van der Waals surface area contributed by atoms with Crippen molar-refractivity contribution in [3.05, 3.63) is 35.6 Å². The Bertz CT molecular complexity index is 407. The first-order valence-corrected chi connectivity index (χ1v) is 7.80. The van der Waals surface area contributed by atoms with Crippen LogP contribution >= 0.6 is 0 Å². The number of halogens is 1. The summed E-state index contributed by atoms with van der Waals surface area (Å²) in [4.78, 5) is 0. The molecule has 1 aromatic rings. The van der Waals surface area contributed by atoms with E-state index in [1.807, 2.05) is 12.1 Å². The molecule has 0 amide bonds. The highest BCUT2D eigenvalue weighted by Gasteiger charge is 2.26. The van der Waals surface area contributed by atoms with Crippen LogP contribution in [0.4, 0.5) is 4.39 Å². The lowest BCUT2D eigenvalue weighted by Gasteiger charge is -2.22. The van der Waals surface area contributed by atoms with Crippen molar-refractivity contribution < 1.29 is 4.39 Å². The molecular weight excluding hydrogens is 237 g/mol. The molecule has 1 atom stereocenters. The summed E-state index contributed by atoms with van der Waals surface area (Å²) in [5, 5.41) is 3.59. The van der Waals surface area contributed by atoms with Crippen LogP contribution in [0.2, 0.25) is 0 Å². The Balaban J connectivity index is 1.68. The molecule has 2 aliphatic carbocycles. The SMILES string of the molecule is Fc1ccccc1C(CNC1CC1)CC1CCCC1. The van der Waals surface area contributed by atoms with Gasteiger partial charge in [-0.25, -0.2) is 4.39 Å². The lowest BCUT2D eigenvalue weighted by atomic mass is 9.87. The van der Waals surface area contributed by atoms with Gasteiger partial charge in [0, 0.05) is 12.6 Å². The first-order chi connectivity index (χ1) is 9.33. The highest BCUT2D eigenvalue weighted by Crippen LogP contribution is 2.35. The van der Waals surface area contributed by atoms with Crippen LogP contribution < -0.4 is 5.32 Å². The first-order valence-electron chi connectivity index (χ1n) is 7.80. The minimum atomic E-state index is -0.0249. The van der Waals surface area contributed by atoms with Crippen LogP contribution in [0.25, 0.3) is 0 Å². The van der Waals surface area contributed by atoms with Crippen LogP contribution in [0.3, 0.4) is 0 Å². The summed E-state index contributed by atoms with van der Waals surface area (Å²) in [6, 6.07) is 8.05. The van der Waals surface area contributed by atoms with Gasteiger partial charge in [-0.15, -0.1) is 0 Å². The lowest BCUT2D eigenvalue weighted by molar-refractivity contribution is 0.416. The Kier molecular flexibility index (Phi) is 4.17. The van der Waals surface area contributed by atoms with Gasteiger partial charge < -0.3 is 5.32 Å². The Labute approximate surface area is 115 Å². The Morgan fingerprint density at radius 3 is 2.53 bits per heavy atom. The molecule has 2 aliphatic rings. The van der Waals surface area contributed by atoms with Gasteiger partial charge in [0.1, 0.15) is 5.82 Å². The van der Waals surface area contributed by atoms with Gasteiger partial charge in [0.05, 0.1) is 0 Å². The van der Waals surface area contributed by atoms with Crippen LogP contribution in [0, 0.1) is 11.7 Å². The summed E-state index contributed by atoms with van der Waals surface area (Å²) in [7, 11) is 0. The van der Waals surface area contributed by atoms with Crippen molar-refractivity contribution in [3.63, 3.8) is 0 Å². The van der Waals surface area contributed by atoms with E-state index >= 15 is 0 Å².